The minimum atomic E-state index is -0.332. The van der Waals surface area contributed by atoms with Gasteiger partial charge in [-0.2, -0.15) is 0 Å². The summed E-state index contributed by atoms with van der Waals surface area (Å²) >= 11 is 1.81. The number of nitrogens with zero attached hydrogens (tertiary/aromatic N) is 4. The highest BCUT2D eigenvalue weighted by molar-refractivity contribution is 7.19. The molecule has 0 spiro atoms. The zero-order valence-corrected chi connectivity index (χ0v) is 31.9. The van der Waals surface area contributed by atoms with Crippen LogP contribution in [0.3, 0.4) is 0 Å². The number of benzene rings is 4. The Hall–Kier alpha value is -5.84. The molecule has 9 nitrogen and oxygen atoms in total. The minimum absolute atomic E-state index is 0.119. The van der Waals surface area contributed by atoms with Crippen LogP contribution in [0.2, 0.25) is 0 Å². The number of fused-ring (bicyclic) bond motifs is 6. The van der Waals surface area contributed by atoms with E-state index >= 15 is 0 Å². The van der Waals surface area contributed by atoms with E-state index in [-0.39, 0.29) is 24.2 Å². The van der Waals surface area contributed by atoms with Crippen molar-refractivity contribution in [1.82, 2.24) is 24.3 Å². The van der Waals surface area contributed by atoms with E-state index in [1.807, 2.05) is 46.7 Å². The van der Waals surface area contributed by atoms with Crippen molar-refractivity contribution >= 4 is 43.9 Å². The lowest BCUT2D eigenvalue weighted by Crippen LogP contribution is -2.43. The van der Waals surface area contributed by atoms with Gasteiger partial charge in [-0.15, -0.1) is 11.3 Å². The zero-order valence-electron chi connectivity index (χ0n) is 31.1. The molecule has 278 valence electrons. The predicted molar refractivity (Wildman–Crippen MR) is 222 cm³/mol. The Morgan fingerprint density at radius 1 is 1.00 bits per heavy atom. The maximum Gasteiger partial charge on any atom is 0.245 e. The first kappa shape index (κ1) is 34.9. The molecule has 5 heterocycles. The highest BCUT2D eigenvalue weighted by Gasteiger charge is 2.38. The van der Waals surface area contributed by atoms with Crippen molar-refractivity contribution in [1.29, 1.82) is 0 Å². The maximum atomic E-state index is 14.4. The number of nitrogens with two attached hydrogens (primary N) is 2. The number of rotatable bonds is 10. The van der Waals surface area contributed by atoms with Crippen LogP contribution in [0, 0.1) is 0 Å². The minimum Gasteiger partial charge on any atom is -0.469 e. The summed E-state index contributed by atoms with van der Waals surface area (Å²) in [6, 6.07) is 35.3. The van der Waals surface area contributed by atoms with E-state index in [2.05, 4.69) is 107 Å². The summed E-state index contributed by atoms with van der Waals surface area (Å²) in [5, 5.41) is 2.32. The first-order valence-electron chi connectivity index (χ1n) is 19.2. The number of carbonyl (C=O) groups is 1. The molecule has 0 saturated carbocycles. The summed E-state index contributed by atoms with van der Waals surface area (Å²) in [4.78, 5) is 28.4. The number of nitrogens with one attached hydrogen (secondary N) is 1. The molecular weight excluding hydrogens is 703 g/mol. The summed E-state index contributed by atoms with van der Waals surface area (Å²) in [5.41, 5.74) is 19.5. The Kier molecular flexibility index (Phi) is 9.16. The van der Waals surface area contributed by atoms with E-state index in [0.717, 1.165) is 82.0 Å². The molecule has 0 radical (unpaired) electrons. The predicted octanol–water partition coefficient (Wildman–Crippen LogP) is 9.01. The van der Waals surface area contributed by atoms with E-state index < -0.39 is 0 Å². The Labute approximate surface area is 324 Å². The third-order valence-electron chi connectivity index (χ3n) is 11.3. The summed E-state index contributed by atoms with van der Waals surface area (Å²) in [7, 11) is 0. The van der Waals surface area contributed by atoms with Crippen LogP contribution in [-0.4, -0.2) is 49.9 Å². The fraction of sp³-hybridized carbons (Fsp3) is 0.244. The average molecular weight is 748 g/mol. The van der Waals surface area contributed by atoms with Gasteiger partial charge in [0.2, 0.25) is 5.91 Å². The molecule has 2 aliphatic rings. The van der Waals surface area contributed by atoms with E-state index in [1.165, 1.54) is 21.2 Å². The monoisotopic (exact) mass is 747 g/mol. The topological polar surface area (TPSA) is 118 Å². The van der Waals surface area contributed by atoms with Crippen LogP contribution in [0.4, 0.5) is 0 Å². The number of ether oxygens (including phenoxy) is 1. The SMILES string of the molecule is CCN(CC)[C@@H](C(=O)N1CCC[C@H]1c1ncc(-c2ccc3c(c2)OC(Cc2cc4ccccc4s2)n2c-3cc3cc(/C(N)=C/N)ccc32)[nH]1)c1ccccc1. The zero-order chi connectivity index (χ0) is 37.6. The van der Waals surface area contributed by atoms with Crippen molar-refractivity contribution in [3.63, 3.8) is 0 Å². The molecule has 1 fully saturated rings. The number of carbonyl (C=O) groups excluding carboxylic acids is 1. The smallest absolute Gasteiger partial charge is 0.245 e. The van der Waals surface area contributed by atoms with Crippen molar-refractivity contribution in [3.05, 3.63) is 137 Å². The van der Waals surface area contributed by atoms with Gasteiger partial charge in [-0.25, -0.2) is 4.98 Å². The van der Waals surface area contributed by atoms with E-state index in [9.17, 15) is 4.79 Å². The number of aromatic amines is 1. The number of imidazole rings is 1. The van der Waals surface area contributed by atoms with Gasteiger partial charge in [0.1, 0.15) is 17.6 Å². The van der Waals surface area contributed by atoms with Crippen LogP contribution < -0.4 is 16.2 Å². The van der Waals surface area contributed by atoms with Crippen LogP contribution in [0.5, 0.6) is 5.75 Å². The van der Waals surface area contributed by atoms with Crippen LogP contribution in [-0.2, 0) is 11.2 Å². The van der Waals surface area contributed by atoms with Crippen LogP contribution in [0.25, 0.3) is 49.2 Å². The molecule has 1 unspecified atom stereocenters. The van der Waals surface area contributed by atoms with Crippen molar-refractivity contribution in [2.75, 3.05) is 19.6 Å². The summed E-state index contributed by atoms with van der Waals surface area (Å²) in [6.45, 7) is 6.53. The fourth-order valence-electron chi connectivity index (χ4n) is 8.53. The molecule has 0 aliphatic carbocycles. The summed E-state index contributed by atoms with van der Waals surface area (Å²) in [6.07, 6.45) is 5.58. The molecule has 7 aromatic rings. The third-order valence-corrected chi connectivity index (χ3v) is 12.4. The quantitative estimate of drug-likeness (QED) is 0.129. The molecule has 2 aliphatic heterocycles. The highest BCUT2D eigenvalue weighted by atomic mass is 32.1. The number of hydrogen-bond acceptors (Lipinski definition) is 7. The lowest BCUT2D eigenvalue weighted by atomic mass is 10.0. The first-order chi connectivity index (χ1) is 26.9. The molecule has 55 heavy (non-hydrogen) atoms. The average Bonchev–Trinajstić information content (AvgIpc) is 4.04. The lowest BCUT2D eigenvalue weighted by molar-refractivity contribution is -0.138. The molecule has 1 saturated heterocycles. The van der Waals surface area contributed by atoms with Crippen molar-refractivity contribution < 1.29 is 9.53 Å². The largest absolute Gasteiger partial charge is 0.469 e. The lowest BCUT2D eigenvalue weighted by Gasteiger charge is -2.34. The van der Waals surface area contributed by atoms with Gasteiger partial charge in [0.15, 0.2) is 6.23 Å². The Morgan fingerprint density at radius 2 is 1.82 bits per heavy atom. The second kappa shape index (κ2) is 14.4. The van der Waals surface area contributed by atoms with Gasteiger partial charge in [0.05, 0.1) is 34.8 Å². The van der Waals surface area contributed by atoms with Gasteiger partial charge in [-0.3, -0.25) is 9.69 Å². The number of aromatic nitrogens is 3. The van der Waals surface area contributed by atoms with Crippen LogP contribution >= 0.6 is 11.3 Å². The number of amides is 1. The molecule has 0 bridgehead atoms. The van der Waals surface area contributed by atoms with Gasteiger partial charge in [0.25, 0.3) is 0 Å². The number of likely N-dealkylation sites (tertiary alicyclic amines) is 1. The van der Waals surface area contributed by atoms with Gasteiger partial charge in [0, 0.05) is 45.3 Å². The maximum absolute atomic E-state index is 14.4. The molecule has 4 aromatic carbocycles. The van der Waals surface area contributed by atoms with Crippen LogP contribution in [0.15, 0.2) is 116 Å². The van der Waals surface area contributed by atoms with Crippen molar-refractivity contribution in [2.24, 2.45) is 11.5 Å². The molecule has 3 atom stereocenters. The highest BCUT2D eigenvalue weighted by Crippen LogP contribution is 2.46. The van der Waals surface area contributed by atoms with E-state index in [4.69, 9.17) is 21.2 Å². The summed E-state index contributed by atoms with van der Waals surface area (Å²) < 4.78 is 10.6. The van der Waals surface area contributed by atoms with Gasteiger partial charge < -0.3 is 30.7 Å². The molecule has 9 rings (SSSR count). The number of likely N-dealkylation sites (N-methyl/N-ethyl adjacent to an activating group) is 1. The Balaban J connectivity index is 1.05. The standard InChI is InChI=1S/C45H45N7O2S/c1-3-50(4-2)43(28-11-6-5-7-12-28)45(53)51-20-10-14-38(51)44-48-27-36(49-44)30-16-18-34-39-23-32-21-29(35(47)26-46)17-19-37(32)52(39)42(54-40(34)24-30)25-33-22-31-13-8-9-15-41(31)55-33/h5-9,11-13,15-19,21-24,26-27,38,42-43H,3-4,10,14,20,25,46-47H2,1-2H3,(H,48,49)/b35-26-/t38-,42?,43+/m0/s1. The first-order valence-corrected chi connectivity index (χ1v) is 20.0. The van der Waals surface area contributed by atoms with Gasteiger partial charge in [-0.05, 0) is 84.9 Å². The molecule has 1 amide bonds. The van der Waals surface area contributed by atoms with E-state index in [0.29, 0.717) is 18.7 Å². The molecular formula is C45H45N7O2S. The van der Waals surface area contributed by atoms with Crippen molar-refractivity contribution in [2.45, 2.75) is 51.4 Å². The molecule has 5 N–H and O–H groups in total. The number of H-pyrrole nitrogens is 1. The summed E-state index contributed by atoms with van der Waals surface area (Å²) in [5.74, 6) is 1.76. The third kappa shape index (κ3) is 6.25. The normalized spacial score (nSPS) is 17.4. The molecule has 3 aromatic heterocycles. The van der Waals surface area contributed by atoms with Gasteiger partial charge >= 0.3 is 0 Å². The fourth-order valence-corrected chi connectivity index (χ4v) is 9.61. The van der Waals surface area contributed by atoms with E-state index in [1.54, 1.807) is 0 Å². The Morgan fingerprint density at radius 3 is 2.62 bits per heavy atom. The van der Waals surface area contributed by atoms with Crippen molar-refractivity contribution in [3.8, 4) is 28.3 Å². The van der Waals surface area contributed by atoms with Crippen LogP contribution in [0.1, 0.15) is 66.8 Å². The second-order valence-corrected chi connectivity index (χ2v) is 15.6. The van der Waals surface area contributed by atoms with Gasteiger partial charge in [-0.1, -0.05) is 74.5 Å². The second-order valence-electron chi connectivity index (χ2n) is 14.4. The number of hydrogen-bond donors (Lipinski definition) is 3. The Bertz CT molecular complexity index is 2510. The number of thiophene rings is 1. The molecule has 10 heteroatoms.